The minimum absolute atomic E-state index is 0.0749. The van der Waals surface area contributed by atoms with E-state index in [0.29, 0.717) is 13.0 Å². The van der Waals surface area contributed by atoms with E-state index in [1.165, 1.54) is 0 Å². The van der Waals surface area contributed by atoms with Gasteiger partial charge in [-0.1, -0.05) is 6.42 Å². The number of carbonyl (C=O) groups is 2. The van der Waals surface area contributed by atoms with Crippen LogP contribution in [-0.4, -0.2) is 40.5 Å². The fraction of sp³-hybridized carbons (Fsp3) is 0.857. The molecule has 1 aliphatic carbocycles. The second-order valence-electron chi connectivity index (χ2n) is 6.01. The molecule has 0 aromatic heterocycles. The molecule has 5 heteroatoms. The molecule has 110 valence electrons. The van der Waals surface area contributed by atoms with Gasteiger partial charge in [-0.25, -0.2) is 0 Å². The van der Waals surface area contributed by atoms with Crippen LogP contribution in [0.2, 0.25) is 0 Å². The first-order chi connectivity index (χ1) is 8.79. The van der Waals surface area contributed by atoms with Gasteiger partial charge in [-0.15, -0.1) is 0 Å². The summed E-state index contributed by atoms with van der Waals surface area (Å²) >= 11 is 0. The molecule has 0 aromatic carbocycles. The van der Waals surface area contributed by atoms with Gasteiger partial charge in [0.05, 0.1) is 5.41 Å². The van der Waals surface area contributed by atoms with Gasteiger partial charge in [0.25, 0.3) is 0 Å². The number of carboxylic acids is 1. The van der Waals surface area contributed by atoms with E-state index in [0.717, 1.165) is 19.3 Å². The Morgan fingerprint density at radius 2 is 2.11 bits per heavy atom. The zero-order valence-corrected chi connectivity index (χ0v) is 12.2. The van der Waals surface area contributed by atoms with E-state index in [1.807, 2.05) is 20.8 Å². The molecule has 1 fully saturated rings. The predicted octanol–water partition coefficient (Wildman–Crippen LogP) is 1.61. The highest BCUT2D eigenvalue weighted by Gasteiger charge is 2.45. The van der Waals surface area contributed by atoms with Gasteiger partial charge in [-0.2, -0.15) is 0 Å². The molecule has 5 nitrogen and oxygen atoms in total. The number of carbonyl (C=O) groups excluding carboxylic acids is 1. The summed E-state index contributed by atoms with van der Waals surface area (Å²) in [6.07, 6.45) is 3.30. The normalized spacial score (nSPS) is 26.7. The molecule has 1 rings (SSSR count). The molecule has 2 unspecified atom stereocenters. The summed E-state index contributed by atoms with van der Waals surface area (Å²) in [5.41, 5.74) is 5.61. The number of carboxylic acid groups (broad SMARTS) is 1. The number of nitrogens with zero attached hydrogens (tertiary/aromatic N) is 1. The minimum atomic E-state index is -0.820. The Morgan fingerprint density at radius 3 is 2.53 bits per heavy atom. The summed E-state index contributed by atoms with van der Waals surface area (Å²) in [6, 6.07) is -0.00774. The van der Waals surface area contributed by atoms with Crippen LogP contribution in [0.1, 0.15) is 52.9 Å². The lowest BCUT2D eigenvalue weighted by Gasteiger charge is -2.36. The lowest BCUT2D eigenvalue weighted by molar-refractivity contribution is -0.144. The van der Waals surface area contributed by atoms with Gasteiger partial charge in [-0.3, -0.25) is 9.59 Å². The number of rotatable bonds is 6. The molecule has 1 aliphatic rings. The minimum Gasteiger partial charge on any atom is -0.481 e. The van der Waals surface area contributed by atoms with Crippen LogP contribution in [0.3, 0.4) is 0 Å². The first-order valence-electron chi connectivity index (χ1n) is 7.07. The van der Waals surface area contributed by atoms with Crippen LogP contribution in [0.25, 0.3) is 0 Å². The summed E-state index contributed by atoms with van der Waals surface area (Å²) in [6.45, 7) is 6.36. The van der Waals surface area contributed by atoms with Crippen LogP contribution in [0.4, 0.5) is 0 Å². The lowest BCUT2D eigenvalue weighted by atomic mass is 9.83. The molecule has 0 saturated heterocycles. The number of amides is 1. The molecular weight excluding hydrogens is 244 g/mol. The fourth-order valence-electron chi connectivity index (χ4n) is 2.78. The Morgan fingerprint density at radius 1 is 1.47 bits per heavy atom. The van der Waals surface area contributed by atoms with Crippen molar-refractivity contribution in [3.63, 3.8) is 0 Å². The first kappa shape index (κ1) is 16.0. The van der Waals surface area contributed by atoms with Crippen molar-refractivity contribution in [3.05, 3.63) is 0 Å². The lowest BCUT2D eigenvalue weighted by Crippen LogP contribution is -2.51. The van der Waals surface area contributed by atoms with Crippen molar-refractivity contribution < 1.29 is 14.7 Å². The van der Waals surface area contributed by atoms with Gasteiger partial charge in [0.1, 0.15) is 0 Å². The van der Waals surface area contributed by atoms with E-state index in [2.05, 4.69) is 0 Å². The average Bonchev–Trinajstić information content (AvgIpc) is 2.65. The zero-order valence-electron chi connectivity index (χ0n) is 12.2. The maximum Gasteiger partial charge on any atom is 0.303 e. The predicted molar refractivity (Wildman–Crippen MR) is 73.7 cm³/mol. The van der Waals surface area contributed by atoms with Crippen LogP contribution in [0.5, 0.6) is 0 Å². The van der Waals surface area contributed by atoms with Crippen LogP contribution in [0.15, 0.2) is 0 Å². The summed E-state index contributed by atoms with van der Waals surface area (Å²) in [5, 5.41) is 8.68. The maximum absolute atomic E-state index is 12.7. The highest BCUT2D eigenvalue weighted by Crippen LogP contribution is 2.38. The number of hydrogen-bond acceptors (Lipinski definition) is 3. The van der Waals surface area contributed by atoms with Crippen LogP contribution >= 0.6 is 0 Å². The first-order valence-corrected chi connectivity index (χ1v) is 7.07. The third-order valence-corrected chi connectivity index (χ3v) is 4.19. The van der Waals surface area contributed by atoms with Gasteiger partial charge in [0.2, 0.25) is 5.91 Å². The van der Waals surface area contributed by atoms with Crippen LogP contribution in [0, 0.1) is 5.41 Å². The van der Waals surface area contributed by atoms with Gasteiger partial charge in [-0.05, 0) is 40.0 Å². The van der Waals surface area contributed by atoms with Crippen molar-refractivity contribution in [1.29, 1.82) is 0 Å². The van der Waals surface area contributed by atoms with Crippen LogP contribution < -0.4 is 5.73 Å². The van der Waals surface area contributed by atoms with Gasteiger partial charge in [0.15, 0.2) is 0 Å². The van der Waals surface area contributed by atoms with E-state index >= 15 is 0 Å². The van der Waals surface area contributed by atoms with E-state index in [9.17, 15) is 9.59 Å². The summed E-state index contributed by atoms with van der Waals surface area (Å²) in [5.74, 6) is -0.738. The second kappa shape index (κ2) is 6.37. The van der Waals surface area contributed by atoms with Crippen LogP contribution in [-0.2, 0) is 9.59 Å². The van der Waals surface area contributed by atoms with Gasteiger partial charge in [0, 0.05) is 25.0 Å². The van der Waals surface area contributed by atoms with E-state index < -0.39 is 11.4 Å². The molecule has 1 amide bonds. The van der Waals surface area contributed by atoms with Crippen molar-refractivity contribution in [1.82, 2.24) is 4.90 Å². The van der Waals surface area contributed by atoms with E-state index in [4.69, 9.17) is 10.8 Å². The Hall–Kier alpha value is -1.10. The smallest absolute Gasteiger partial charge is 0.303 e. The Balaban J connectivity index is 2.70. The Labute approximate surface area is 115 Å². The molecule has 0 spiro atoms. The third-order valence-electron chi connectivity index (χ3n) is 4.19. The highest BCUT2D eigenvalue weighted by atomic mass is 16.4. The van der Waals surface area contributed by atoms with Gasteiger partial charge < -0.3 is 15.7 Å². The summed E-state index contributed by atoms with van der Waals surface area (Å²) in [4.78, 5) is 25.0. The molecule has 1 saturated carbocycles. The number of aliphatic carboxylic acids is 1. The SMILES string of the molecule is CC(C)N(CCCC(=O)O)C(=O)C1(C)CCCC1N. The largest absolute Gasteiger partial charge is 0.481 e. The topological polar surface area (TPSA) is 83.6 Å². The zero-order chi connectivity index (χ0) is 14.6. The second-order valence-corrected chi connectivity index (χ2v) is 6.01. The molecule has 0 aromatic rings. The molecule has 0 aliphatic heterocycles. The highest BCUT2D eigenvalue weighted by molar-refractivity contribution is 5.83. The van der Waals surface area contributed by atoms with Gasteiger partial charge >= 0.3 is 5.97 Å². The molecule has 0 bridgehead atoms. The molecule has 0 heterocycles. The molecule has 0 radical (unpaired) electrons. The number of hydrogen-bond donors (Lipinski definition) is 2. The standard InChI is InChI=1S/C14H26N2O3/c1-10(2)16(9-5-7-12(17)18)13(19)14(3)8-4-6-11(14)15/h10-11H,4-9,15H2,1-3H3,(H,17,18). The Bertz CT molecular complexity index is 344. The van der Waals surface area contributed by atoms with Crippen molar-refractivity contribution in [2.24, 2.45) is 11.1 Å². The van der Waals surface area contributed by atoms with Crippen molar-refractivity contribution in [2.45, 2.75) is 65.0 Å². The van der Waals surface area contributed by atoms with E-state index in [1.54, 1.807) is 4.90 Å². The molecular formula is C14H26N2O3. The fourth-order valence-corrected chi connectivity index (χ4v) is 2.78. The molecule has 2 atom stereocenters. The summed E-state index contributed by atoms with van der Waals surface area (Å²) < 4.78 is 0. The van der Waals surface area contributed by atoms with Crippen molar-refractivity contribution in [3.8, 4) is 0 Å². The monoisotopic (exact) mass is 270 g/mol. The van der Waals surface area contributed by atoms with Crippen molar-refractivity contribution in [2.75, 3.05) is 6.54 Å². The van der Waals surface area contributed by atoms with E-state index in [-0.39, 0.29) is 24.4 Å². The maximum atomic E-state index is 12.7. The molecule has 3 N–H and O–H groups in total. The number of nitrogens with two attached hydrogens (primary N) is 1. The summed E-state index contributed by atoms with van der Waals surface area (Å²) in [7, 11) is 0. The van der Waals surface area contributed by atoms with Crippen molar-refractivity contribution >= 4 is 11.9 Å². The quantitative estimate of drug-likeness (QED) is 0.768. The Kier molecular flexibility index (Phi) is 5.35. The molecule has 19 heavy (non-hydrogen) atoms. The third kappa shape index (κ3) is 3.69. The average molecular weight is 270 g/mol.